The van der Waals surface area contributed by atoms with Gasteiger partial charge in [-0.2, -0.15) is 5.26 Å². The molecule has 0 amide bonds. The van der Waals surface area contributed by atoms with Crippen LogP contribution >= 0.6 is 23.2 Å². The van der Waals surface area contributed by atoms with E-state index in [1.165, 1.54) is 36.5 Å². The fraction of sp³-hybridized carbons (Fsp3) is 0.273. The van der Waals surface area contributed by atoms with Gasteiger partial charge in [0.05, 0.1) is 57.8 Å². The van der Waals surface area contributed by atoms with Gasteiger partial charge >= 0.3 is 0 Å². The minimum absolute atomic E-state index is 0.0613. The first-order valence-electron chi connectivity index (χ1n) is 14.6. The number of benzene rings is 3. The quantitative estimate of drug-likeness (QED) is 0.156. The Hall–Kier alpha value is -4.14. The molecule has 45 heavy (non-hydrogen) atoms. The highest BCUT2D eigenvalue weighted by molar-refractivity contribution is 6.36. The van der Waals surface area contributed by atoms with Crippen molar-refractivity contribution in [3.63, 3.8) is 0 Å². The Morgan fingerprint density at radius 1 is 1.04 bits per heavy atom. The molecule has 4 aromatic rings. The molecule has 2 aliphatic heterocycles. The molecule has 1 aromatic heterocycles. The molecule has 0 radical (unpaired) electrons. The van der Waals surface area contributed by atoms with Gasteiger partial charge in [0, 0.05) is 48.3 Å². The number of aromatic nitrogens is 1. The van der Waals surface area contributed by atoms with Crippen molar-refractivity contribution < 1.29 is 13.5 Å². The molecule has 3 aromatic carbocycles. The van der Waals surface area contributed by atoms with Crippen LogP contribution in [0.25, 0.3) is 10.9 Å². The summed E-state index contributed by atoms with van der Waals surface area (Å²) in [6, 6.07) is 16.2. The van der Waals surface area contributed by atoms with Crippen molar-refractivity contribution in [1.82, 2.24) is 15.2 Å². The monoisotopic (exact) mass is 649 g/mol. The van der Waals surface area contributed by atoms with Gasteiger partial charge in [-0.3, -0.25) is 9.88 Å². The van der Waals surface area contributed by atoms with Crippen molar-refractivity contribution in [3.8, 4) is 6.07 Å². The van der Waals surface area contributed by atoms with E-state index in [9.17, 15) is 14.0 Å². The predicted octanol–water partition coefficient (Wildman–Crippen LogP) is 6.84. The van der Waals surface area contributed by atoms with Crippen molar-refractivity contribution in [3.05, 3.63) is 105 Å². The lowest BCUT2D eigenvalue weighted by Crippen LogP contribution is -2.53. The maximum absolute atomic E-state index is 13.9. The molecule has 12 heteroatoms. The molecule has 0 spiro atoms. The number of hydrogen-bond donors (Lipinski definition) is 4. The lowest BCUT2D eigenvalue weighted by atomic mass is 10.0. The van der Waals surface area contributed by atoms with Crippen LogP contribution < -0.4 is 21.7 Å². The van der Waals surface area contributed by atoms with Gasteiger partial charge in [-0.05, 0) is 60.9 Å². The van der Waals surface area contributed by atoms with E-state index in [-0.39, 0.29) is 22.4 Å². The Morgan fingerprint density at radius 2 is 1.78 bits per heavy atom. The molecule has 3 heterocycles. The van der Waals surface area contributed by atoms with E-state index in [2.05, 4.69) is 31.9 Å². The second-order valence-electron chi connectivity index (χ2n) is 11.2. The Labute approximate surface area is 269 Å². The van der Waals surface area contributed by atoms with E-state index < -0.39 is 11.9 Å². The zero-order chi connectivity index (χ0) is 31.5. The van der Waals surface area contributed by atoms with Crippen molar-refractivity contribution >= 4 is 51.2 Å². The molecule has 2 saturated heterocycles. The van der Waals surface area contributed by atoms with Crippen molar-refractivity contribution in [2.24, 2.45) is 5.73 Å². The molecular weight excluding hydrogens is 619 g/mol. The lowest BCUT2D eigenvalue weighted by molar-refractivity contribution is -0.0716. The molecule has 6 rings (SSSR count). The van der Waals surface area contributed by atoms with Gasteiger partial charge in [0.1, 0.15) is 17.7 Å². The van der Waals surface area contributed by atoms with Crippen molar-refractivity contribution in [2.45, 2.75) is 31.0 Å². The van der Waals surface area contributed by atoms with Crippen LogP contribution in [0.1, 0.15) is 30.0 Å². The fourth-order valence-corrected chi connectivity index (χ4v) is 6.07. The van der Waals surface area contributed by atoms with Crippen LogP contribution in [0, 0.1) is 23.0 Å². The van der Waals surface area contributed by atoms with E-state index in [0.29, 0.717) is 44.7 Å². The SMILES string of the molecule is N#Cc1cnc2c(Cl)cc(NC(/C(N)=C/NC3CCN(C4COC4)CC3)c3ccc(F)cc3)cc2c1Nc1ccc(F)c(Cl)c1. The first-order chi connectivity index (χ1) is 21.8. The number of nitrogens with one attached hydrogen (secondary N) is 3. The van der Waals surface area contributed by atoms with Gasteiger partial charge in [0.15, 0.2) is 0 Å². The molecule has 5 N–H and O–H groups in total. The summed E-state index contributed by atoms with van der Waals surface area (Å²) in [5.74, 6) is -0.916. The van der Waals surface area contributed by atoms with E-state index in [4.69, 9.17) is 33.7 Å². The standard InChI is InChI=1S/C33H31Cl2F2N7O/c34-27-12-23(5-6-29(27)37)42-31-20(14-38)15-41-33-26(31)11-24(13-28(33)35)43-32(19-1-3-21(36)4-2-19)30(39)16-40-22-7-9-44(10-8-22)25-17-45-18-25/h1-6,11-13,15-16,22,25,32,40,43H,7-10,17-18,39H2,(H,41,42)/b30-16-. The third kappa shape index (κ3) is 6.92. The summed E-state index contributed by atoms with van der Waals surface area (Å²) >= 11 is 12.7. The number of hydrogen-bond acceptors (Lipinski definition) is 8. The number of pyridine rings is 1. The van der Waals surface area contributed by atoms with Crippen LogP contribution in [-0.2, 0) is 4.74 Å². The van der Waals surface area contributed by atoms with Crippen LogP contribution in [0.4, 0.5) is 25.8 Å². The van der Waals surface area contributed by atoms with Crippen LogP contribution in [0.3, 0.4) is 0 Å². The molecular formula is C33H31Cl2F2N7O. The summed E-state index contributed by atoms with van der Waals surface area (Å²) in [6.45, 7) is 3.60. The second-order valence-corrected chi connectivity index (χ2v) is 12.0. The summed E-state index contributed by atoms with van der Waals surface area (Å²) in [7, 11) is 0. The number of halogens is 4. The number of nitriles is 1. The van der Waals surface area contributed by atoms with Crippen molar-refractivity contribution in [2.75, 3.05) is 36.9 Å². The normalized spacial score (nSPS) is 17.0. The molecule has 0 aliphatic carbocycles. The zero-order valence-electron chi connectivity index (χ0n) is 24.2. The third-order valence-electron chi connectivity index (χ3n) is 8.23. The first-order valence-corrected chi connectivity index (χ1v) is 15.3. The number of ether oxygens (including phenoxy) is 1. The summed E-state index contributed by atoms with van der Waals surface area (Å²) in [6.07, 6.45) is 5.21. The summed E-state index contributed by atoms with van der Waals surface area (Å²) < 4.78 is 33.0. The Kier molecular flexibility index (Phi) is 9.24. The van der Waals surface area contributed by atoms with Gasteiger partial charge in [0.25, 0.3) is 0 Å². The molecule has 1 unspecified atom stereocenters. The minimum Gasteiger partial charge on any atom is -0.399 e. The number of nitrogens with zero attached hydrogens (tertiary/aromatic N) is 3. The third-order valence-corrected chi connectivity index (χ3v) is 8.81. The van der Waals surface area contributed by atoms with Gasteiger partial charge in [-0.25, -0.2) is 8.78 Å². The fourth-order valence-electron chi connectivity index (χ4n) is 5.62. The molecule has 2 aliphatic rings. The smallest absolute Gasteiger partial charge is 0.141 e. The first kappa shape index (κ1) is 30.9. The molecule has 2 fully saturated rings. The summed E-state index contributed by atoms with van der Waals surface area (Å²) in [5.41, 5.74) is 10.1. The molecule has 1 atom stereocenters. The molecule has 8 nitrogen and oxygen atoms in total. The Morgan fingerprint density at radius 3 is 2.44 bits per heavy atom. The molecule has 232 valence electrons. The maximum atomic E-state index is 13.9. The predicted molar refractivity (Wildman–Crippen MR) is 174 cm³/mol. The van der Waals surface area contributed by atoms with E-state index >= 15 is 0 Å². The average molecular weight is 651 g/mol. The van der Waals surface area contributed by atoms with Gasteiger partial charge in [-0.15, -0.1) is 0 Å². The number of likely N-dealkylation sites (tertiary alicyclic amines) is 1. The van der Waals surface area contributed by atoms with E-state index in [1.54, 1.807) is 24.3 Å². The number of piperidine rings is 1. The van der Waals surface area contributed by atoms with Gasteiger partial charge < -0.3 is 26.4 Å². The van der Waals surface area contributed by atoms with Crippen LogP contribution in [0.2, 0.25) is 10.0 Å². The topological polar surface area (TPSA) is 111 Å². The largest absolute Gasteiger partial charge is 0.399 e. The molecule has 0 bridgehead atoms. The summed E-state index contributed by atoms with van der Waals surface area (Å²) in [4.78, 5) is 6.88. The zero-order valence-corrected chi connectivity index (χ0v) is 25.7. The highest BCUT2D eigenvalue weighted by Crippen LogP contribution is 2.37. The van der Waals surface area contributed by atoms with Crippen LogP contribution in [0.5, 0.6) is 0 Å². The number of rotatable bonds is 9. The Balaban J connectivity index is 1.29. The van der Waals surface area contributed by atoms with E-state index in [0.717, 1.165) is 44.7 Å². The highest BCUT2D eigenvalue weighted by atomic mass is 35.5. The van der Waals surface area contributed by atoms with Crippen LogP contribution in [0.15, 0.2) is 72.7 Å². The number of anilines is 3. The second kappa shape index (κ2) is 13.5. The highest BCUT2D eigenvalue weighted by Gasteiger charge is 2.29. The number of nitrogens with two attached hydrogens (primary N) is 1. The van der Waals surface area contributed by atoms with Crippen molar-refractivity contribution in [1.29, 1.82) is 5.26 Å². The maximum Gasteiger partial charge on any atom is 0.141 e. The minimum atomic E-state index is -0.557. The molecule has 0 saturated carbocycles. The average Bonchev–Trinajstić information content (AvgIpc) is 3.01. The number of fused-ring (bicyclic) bond motifs is 1. The van der Waals surface area contributed by atoms with Gasteiger partial charge in [0.2, 0.25) is 0 Å². The van der Waals surface area contributed by atoms with E-state index in [1.807, 2.05) is 6.20 Å². The van der Waals surface area contributed by atoms with Crippen LogP contribution in [-0.4, -0.2) is 48.3 Å². The summed E-state index contributed by atoms with van der Waals surface area (Å²) in [5, 5.41) is 20.8. The Bertz CT molecular complexity index is 1770. The lowest BCUT2D eigenvalue weighted by Gasteiger charge is -2.41. The van der Waals surface area contributed by atoms with Gasteiger partial charge in [-0.1, -0.05) is 35.3 Å².